The van der Waals surface area contributed by atoms with E-state index < -0.39 is 28.8 Å². The van der Waals surface area contributed by atoms with E-state index in [1.807, 2.05) is 28.6 Å². The quantitative estimate of drug-likeness (QED) is 0.172. The number of benzene rings is 2. The third kappa shape index (κ3) is 6.33. The van der Waals surface area contributed by atoms with Gasteiger partial charge in [-0.2, -0.15) is 0 Å². The number of halogens is 3. The number of pyridine rings is 1. The van der Waals surface area contributed by atoms with E-state index in [9.17, 15) is 28.3 Å². The number of rotatable bonds is 8. The standard InChI is InChI=1S/C29H30F3N3O4/c1-39-22-6-7-26-24(16-22)23(20(18-36)17-33-26)5-2-8-29(28(37)34-38)9-12-35(13-10-29)11-3-4-19-14-21(30)15-25(31)27(19)32/h6-7,14-17,36,38H,2,5,8-13,18H2,1H3,(H,34,37). The van der Waals surface area contributed by atoms with Crippen molar-refractivity contribution in [2.45, 2.75) is 38.7 Å². The molecule has 1 fully saturated rings. The van der Waals surface area contributed by atoms with Gasteiger partial charge in [0.05, 0.1) is 36.8 Å². The first-order valence-corrected chi connectivity index (χ1v) is 12.7. The number of carbonyl (C=O) groups is 1. The smallest absolute Gasteiger partial charge is 0.249 e. The van der Waals surface area contributed by atoms with Crippen LogP contribution in [0, 0.1) is 34.7 Å². The van der Waals surface area contributed by atoms with Gasteiger partial charge in [0.1, 0.15) is 11.6 Å². The van der Waals surface area contributed by atoms with Gasteiger partial charge in [0.15, 0.2) is 11.6 Å². The molecule has 2 aromatic carbocycles. The van der Waals surface area contributed by atoms with Crippen LogP contribution in [0.5, 0.6) is 5.75 Å². The minimum absolute atomic E-state index is 0.167. The van der Waals surface area contributed by atoms with Gasteiger partial charge in [-0.1, -0.05) is 11.8 Å². The summed E-state index contributed by atoms with van der Waals surface area (Å²) in [5, 5.41) is 20.2. The predicted molar refractivity (Wildman–Crippen MR) is 138 cm³/mol. The molecule has 1 aromatic heterocycles. The highest BCUT2D eigenvalue weighted by atomic mass is 19.2. The fourth-order valence-corrected chi connectivity index (χ4v) is 5.17. The van der Waals surface area contributed by atoms with E-state index in [0.717, 1.165) is 22.5 Å². The minimum Gasteiger partial charge on any atom is -0.497 e. The molecule has 1 aliphatic heterocycles. The second-order valence-electron chi connectivity index (χ2n) is 9.71. The Balaban J connectivity index is 1.43. The van der Waals surface area contributed by atoms with Crippen LogP contribution in [0.2, 0.25) is 0 Å². The average Bonchev–Trinajstić information content (AvgIpc) is 2.95. The minimum atomic E-state index is -1.29. The number of hydroxylamine groups is 1. The molecular weight excluding hydrogens is 511 g/mol. The Morgan fingerprint density at radius 2 is 1.97 bits per heavy atom. The number of methoxy groups -OCH3 is 1. The molecule has 0 unspecified atom stereocenters. The largest absolute Gasteiger partial charge is 0.497 e. The Bertz CT molecular complexity index is 1410. The number of likely N-dealkylation sites (tertiary alicyclic amines) is 1. The number of aliphatic hydroxyl groups is 1. The molecule has 1 aliphatic rings. The van der Waals surface area contributed by atoms with Gasteiger partial charge < -0.3 is 9.84 Å². The van der Waals surface area contributed by atoms with Crippen molar-refractivity contribution in [1.29, 1.82) is 0 Å². The van der Waals surface area contributed by atoms with Crippen LogP contribution >= 0.6 is 0 Å². The Labute approximate surface area is 224 Å². The molecule has 0 spiro atoms. The molecule has 0 atom stereocenters. The average molecular weight is 542 g/mol. The van der Waals surface area contributed by atoms with Gasteiger partial charge in [-0.15, -0.1) is 0 Å². The van der Waals surface area contributed by atoms with Gasteiger partial charge in [-0.05, 0) is 67.5 Å². The van der Waals surface area contributed by atoms with Crippen molar-refractivity contribution in [1.82, 2.24) is 15.4 Å². The fraction of sp³-hybridized carbons (Fsp3) is 0.379. The van der Waals surface area contributed by atoms with Crippen molar-refractivity contribution >= 4 is 16.8 Å². The van der Waals surface area contributed by atoms with Gasteiger partial charge in [-0.3, -0.25) is 19.9 Å². The first-order valence-electron chi connectivity index (χ1n) is 12.7. The zero-order valence-corrected chi connectivity index (χ0v) is 21.6. The number of amides is 1. The van der Waals surface area contributed by atoms with Crippen molar-refractivity contribution in [3.05, 3.63) is 70.7 Å². The Morgan fingerprint density at radius 1 is 1.21 bits per heavy atom. The molecule has 206 valence electrons. The van der Waals surface area contributed by atoms with Crippen molar-refractivity contribution in [2.75, 3.05) is 26.7 Å². The van der Waals surface area contributed by atoms with Crippen molar-refractivity contribution in [3.63, 3.8) is 0 Å². The maximum absolute atomic E-state index is 13.8. The molecule has 0 radical (unpaired) electrons. The first-order chi connectivity index (χ1) is 18.8. The summed E-state index contributed by atoms with van der Waals surface area (Å²) in [6, 6.07) is 6.88. The van der Waals surface area contributed by atoms with E-state index >= 15 is 0 Å². The van der Waals surface area contributed by atoms with E-state index in [-0.39, 0.29) is 18.7 Å². The highest BCUT2D eigenvalue weighted by molar-refractivity contribution is 5.84. The van der Waals surface area contributed by atoms with Gasteiger partial charge >= 0.3 is 0 Å². The van der Waals surface area contributed by atoms with Gasteiger partial charge in [0.25, 0.3) is 0 Å². The topological polar surface area (TPSA) is 94.9 Å². The lowest BCUT2D eigenvalue weighted by molar-refractivity contribution is -0.143. The summed E-state index contributed by atoms with van der Waals surface area (Å²) in [6.07, 6.45) is 4.30. The van der Waals surface area contributed by atoms with Crippen molar-refractivity contribution < 1.29 is 33.0 Å². The van der Waals surface area contributed by atoms with E-state index in [1.165, 1.54) is 0 Å². The molecule has 3 aromatic rings. The van der Waals surface area contributed by atoms with Crippen LogP contribution in [-0.2, 0) is 17.8 Å². The molecule has 0 aliphatic carbocycles. The molecule has 0 bridgehead atoms. The maximum atomic E-state index is 13.8. The summed E-state index contributed by atoms with van der Waals surface area (Å²) in [5.41, 5.74) is 3.11. The van der Waals surface area contributed by atoms with Crippen LogP contribution in [0.15, 0.2) is 36.5 Å². The highest BCUT2D eigenvalue weighted by Gasteiger charge is 2.40. The molecule has 4 rings (SSSR count). The summed E-state index contributed by atoms with van der Waals surface area (Å²) in [4.78, 5) is 19.2. The van der Waals surface area contributed by atoms with Crippen LogP contribution in [0.25, 0.3) is 10.9 Å². The summed E-state index contributed by atoms with van der Waals surface area (Å²) < 4.78 is 46.0. The molecule has 1 saturated heterocycles. The van der Waals surface area contributed by atoms with Crippen LogP contribution in [-0.4, -0.2) is 52.8 Å². The second-order valence-corrected chi connectivity index (χ2v) is 9.71. The number of nitrogens with one attached hydrogen (secondary N) is 1. The number of nitrogens with zero attached hydrogens (tertiary/aromatic N) is 2. The summed E-state index contributed by atoms with van der Waals surface area (Å²) in [7, 11) is 1.58. The van der Waals surface area contributed by atoms with Crippen LogP contribution < -0.4 is 10.2 Å². The highest BCUT2D eigenvalue weighted by Crippen LogP contribution is 2.37. The number of aromatic nitrogens is 1. The number of aliphatic hydroxyl groups excluding tert-OH is 1. The zero-order chi connectivity index (χ0) is 28.0. The van der Waals surface area contributed by atoms with Crippen LogP contribution in [0.3, 0.4) is 0 Å². The molecule has 1 amide bonds. The Hall–Kier alpha value is -3.65. The molecule has 39 heavy (non-hydrogen) atoms. The van der Waals surface area contributed by atoms with E-state index in [0.29, 0.717) is 62.6 Å². The Kier molecular flexibility index (Phi) is 9.07. The monoisotopic (exact) mass is 541 g/mol. The molecule has 2 heterocycles. The summed E-state index contributed by atoms with van der Waals surface area (Å²) in [5.74, 6) is 2.08. The van der Waals surface area contributed by atoms with Crippen LogP contribution in [0.1, 0.15) is 42.4 Å². The van der Waals surface area contributed by atoms with E-state index in [2.05, 4.69) is 16.8 Å². The zero-order valence-electron chi connectivity index (χ0n) is 21.6. The second kappa shape index (κ2) is 12.5. The normalized spacial score (nSPS) is 15.0. The predicted octanol–water partition coefficient (Wildman–Crippen LogP) is 4.12. The third-order valence-electron chi connectivity index (χ3n) is 7.44. The van der Waals surface area contributed by atoms with Gasteiger partial charge in [0, 0.05) is 30.7 Å². The molecule has 7 nitrogen and oxygen atoms in total. The summed E-state index contributed by atoms with van der Waals surface area (Å²) >= 11 is 0. The SMILES string of the molecule is COc1ccc2ncc(CO)c(CCCC3(C(=O)NO)CCN(CC#Cc4cc(F)cc(F)c4F)CC3)c2c1. The van der Waals surface area contributed by atoms with E-state index in [4.69, 9.17) is 4.74 Å². The lowest BCUT2D eigenvalue weighted by Gasteiger charge is -2.39. The first kappa shape index (κ1) is 28.4. The van der Waals surface area contributed by atoms with E-state index in [1.54, 1.807) is 13.3 Å². The molecular formula is C29H30F3N3O4. The van der Waals surface area contributed by atoms with Crippen LogP contribution in [0.4, 0.5) is 13.2 Å². The van der Waals surface area contributed by atoms with Crippen molar-refractivity contribution in [3.8, 4) is 17.6 Å². The third-order valence-corrected chi connectivity index (χ3v) is 7.44. The van der Waals surface area contributed by atoms with Crippen molar-refractivity contribution in [2.24, 2.45) is 5.41 Å². The number of ether oxygens (including phenoxy) is 1. The lowest BCUT2D eigenvalue weighted by Crippen LogP contribution is -2.48. The summed E-state index contributed by atoms with van der Waals surface area (Å²) in [6.45, 7) is 1.07. The number of hydrogen-bond donors (Lipinski definition) is 3. The number of aryl methyl sites for hydroxylation is 1. The number of piperidine rings is 1. The number of fused-ring (bicyclic) bond motifs is 1. The number of carbonyl (C=O) groups excluding carboxylic acids is 1. The number of hydrogen-bond acceptors (Lipinski definition) is 6. The van der Waals surface area contributed by atoms with Gasteiger partial charge in [0.2, 0.25) is 5.91 Å². The molecule has 3 N–H and O–H groups in total. The van der Waals surface area contributed by atoms with Gasteiger partial charge in [-0.25, -0.2) is 18.7 Å². The Morgan fingerprint density at radius 3 is 2.67 bits per heavy atom. The molecule has 0 saturated carbocycles. The fourth-order valence-electron chi connectivity index (χ4n) is 5.17. The maximum Gasteiger partial charge on any atom is 0.249 e. The molecule has 10 heteroatoms. The lowest BCUT2D eigenvalue weighted by atomic mass is 9.73.